The standard InChI is InChI=1S/C13H21N3O/c1-9(2)7-15(5)13(17)12-6-11(14)8-16(12)10(3)4/h6,8,10H,1,7,14H2,2-5H3. The number of rotatable bonds is 4. The summed E-state index contributed by atoms with van der Waals surface area (Å²) in [6.07, 6.45) is 1.80. The minimum absolute atomic E-state index is 0.0293. The molecule has 0 atom stereocenters. The summed E-state index contributed by atoms with van der Waals surface area (Å²) >= 11 is 0. The molecule has 0 aliphatic heterocycles. The summed E-state index contributed by atoms with van der Waals surface area (Å²) in [6, 6.07) is 1.93. The highest BCUT2D eigenvalue weighted by molar-refractivity contribution is 5.93. The highest BCUT2D eigenvalue weighted by Crippen LogP contribution is 2.18. The number of carbonyl (C=O) groups excluding carboxylic acids is 1. The van der Waals surface area contributed by atoms with Gasteiger partial charge in [0.15, 0.2) is 0 Å². The van der Waals surface area contributed by atoms with Crippen LogP contribution in [0.25, 0.3) is 0 Å². The molecule has 4 heteroatoms. The van der Waals surface area contributed by atoms with E-state index in [4.69, 9.17) is 5.73 Å². The number of aromatic nitrogens is 1. The number of carbonyl (C=O) groups is 1. The van der Waals surface area contributed by atoms with E-state index in [0.29, 0.717) is 17.9 Å². The van der Waals surface area contributed by atoms with Crippen LogP contribution in [0.2, 0.25) is 0 Å². The quantitative estimate of drug-likeness (QED) is 0.814. The second kappa shape index (κ2) is 5.08. The number of hydrogen-bond acceptors (Lipinski definition) is 2. The van der Waals surface area contributed by atoms with E-state index in [9.17, 15) is 4.79 Å². The Hall–Kier alpha value is -1.71. The Morgan fingerprint density at radius 1 is 1.59 bits per heavy atom. The van der Waals surface area contributed by atoms with Crippen LogP contribution in [0, 0.1) is 0 Å². The Morgan fingerprint density at radius 2 is 2.18 bits per heavy atom. The second-order valence-electron chi connectivity index (χ2n) is 4.78. The summed E-state index contributed by atoms with van der Waals surface area (Å²) in [6.45, 7) is 10.3. The third-order valence-electron chi connectivity index (χ3n) is 2.50. The fraction of sp³-hybridized carbons (Fsp3) is 0.462. The molecule has 0 aromatic carbocycles. The van der Waals surface area contributed by atoms with Gasteiger partial charge in [-0.05, 0) is 26.8 Å². The molecule has 0 radical (unpaired) electrons. The average molecular weight is 235 g/mol. The van der Waals surface area contributed by atoms with E-state index in [-0.39, 0.29) is 11.9 Å². The highest BCUT2D eigenvalue weighted by atomic mass is 16.2. The van der Waals surface area contributed by atoms with Crippen LogP contribution >= 0.6 is 0 Å². The predicted molar refractivity (Wildman–Crippen MR) is 71.0 cm³/mol. The largest absolute Gasteiger partial charge is 0.397 e. The zero-order valence-electron chi connectivity index (χ0n) is 11.0. The van der Waals surface area contributed by atoms with Gasteiger partial charge in [-0.2, -0.15) is 0 Å². The van der Waals surface area contributed by atoms with Gasteiger partial charge in [0.25, 0.3) is 5.91 Å². The number of hydrogen-bond donors (Lipinski definition) is 1. The van der Waals surface area contributed by atoms with E-state index in [2.05, 4.69) is 6.58 Å². The molecule has 1 aromatic rings. The van der Waals surface area contributed by atoms with Crippen molar-refractivity contribution in [3.8, 4) is 0 Å². The molecule has 1 amide bonds. The van der Waals surface area contributed by atoms with Crippen molar-refractivity contribution < 1.29 is 4.79 Å². The van der Waals surface area contributed by atoms with Crippen molar-refractivity contribution in [1.82, 2.24) is 9.47 Å². The lowest BCUT2D eigenvalue weighted by atomic mass is 10.3. The third-order valence-corrected chi connectivity index (χ3v) is 2.50. The molecule has 0 aliphatic rings. The monoisotopic (exact) mass is 235 g/mol. The first-order valence-electron chi connectivity index (χ1n) is 5.70. The van der Waals surface area contributed by atoms with Gasteiger partial charge < -0.3 is 15.2 Å². The molecular weight excluding hydrogens is 214 g/mol. The molecule has 1 heterocycles. The van der Waals surface area contributed by atoms with E-state index >= 15 is 0 Å². The maximum Gasteiger partial charge on any atom is 0.270 e. The fourth-order valence-corrected chi connectivity index (χ4v) is 1.77. The molecule has 0 bridgehead atoms. The topological polar surface area (TPSA) is 51.3 Å². The van der Waals surface area contributed by atoms with Gasteiger partial charge in [0.1, 0.15) is 5.69 Å². The van der Waals surface area contributed by atoms with Crippen molar-refractivity contribution in [2.45, 2.75) is 26.8 Å². The molecule has 2 N–H and O–H groups in total. The molecule has 1 rings (SSSR count). The zero-order valence-corrected chi connectivity index (χ0v) is 11.0. The maximum atomic E-state index is 12.2. The van der Waals surface area contributed by atoms with Gasteiger partial charge in [0.2, 0.25) is 0 Å². The van der Waals surface area contributed by atoms with E-state index in [1.807, 2.05) is 25.3 Å². The van der Waals surface area contributed by atoms with Crippen molar-refractivity contribution >= 4 is 11.6 Å². The van der Waals surface area contributed by atoms with Gasteiger partial charge in [-0.1, -0.05) is 12.2 Å². The van der Waals surface area contributed by atoms with Crippen molar-refractivity contribution in [3.63, 3.8) is 0 Å². The predicted octanol–water partition coefficient (Wildman–Crippen LogP) is 2.30. The Labute approximate surface area is 103 Å². The summed E-state index contributed by atoms with van der Waals surface area (Å²) in [4.78, 5) is 13.9. The molecule has 0 spiro atoms. The number of nitrogens with zero attached hydrogens (tertiary/aromatic N) is 2. The van der Waals surface area contributed by atoms with Crippen LogP contribution in [0.4, 0.5) is 5.69 Å². The summed E-state index contributed by atoms with van der Waals surface area (Å²) in [5, 5.41) is 0. The molecule has 1 aromatic heterocycles. The van der Waals surface area contributed by atoms with Crippen LogP contribution in [0.3, 0.4) is 0 Å². The van der Waals surface area contributed by atoms with Gasteiger partial charge >= 0.3 is 0 Å². The van der Waals surface area contributed by atoms with Crippen LogP contribution in [-0.4, -0.2) is 29.0 Å². The lowest BCUT2D eigenvalue weighted by molar-refractivity contribution is 0.0795. The lowest BCUT2D eigenvalue weighted by Crippen LogP contribution is -2.30. The normalized spacial score (nSPS) is 10.6. The number of nitrogens with two attached hydrogens (primary N) is 1. The summed E-state index contributed by atoms with van der Waals surface area (Å²) in [5.74, 6) is -0.0293. The van der Waals surface area contributed by atoms with Gasteiger partial charge in [-0.25, -0.2) is 0 Å². The van der Waals surface area contributed by atoms with Gasteiger partial charge in [0, 0.05) is 25.8 Å². The van der Waals surface area contributed by atoms with Crippen LogP contribution in [0.5, 0.6) is 0 Å². The smallest absolute Gasteiger partial charge is 0.270 e. The summed E-state index contributed by atoms with van der Waals surface area (Å²) < 4.78 is 1.90. The SMILES string of the molecule is C=C(C)CN(C)C(=O)c1cc(N)cn1C(C)C. The molecule has 0 aliphatic carbocycles. The van der Waals surface area contributed by atoms with Crippen molar-refractivity contribution in [3.05, 3.63) is 30.1 Å². The molecule has 0 fully saturated rings. The van der Waals surface area contributed by atoms with E-state index in [1.165, 1.54) is 0 Å². The minimum atomic E-state index is -0.0293. The van der Waals surface area contributed by atoms with E-state index in [0.717, 1.165) is 5.57 Å². The molecule has 17 heavy (non-hydrogen) atoms. The van der Waals surface area contributed by atoms with Crippen LogP contribution < -0.4 is 5.73 Å². The van der Waals surface area contributed by atoms with Crippen molar-refractivity contribution in [2.24, 2.45) is 0 Å². The molecule has 0 unspecified atom stereocenters. The molecule has 0 saturated carbocycles. The van der Waals surface area contributed by atoms with Crippen molar-refractivity contribution in [2.75, 3.05) is 19.3 Å². The molecule has 4 nitrogen and oxygen atoms in total. The van der Waals surface area contributed by atoms with Crippen LogP contribution in [0.15, 0.2) is 24.4 Å². The Balaban J connectivity index is 2.99. The van der Waals surface area contributed by atoms with Crippen molar-refractivity contribution in [1.29, 1.82) is 0 Å². The number of likely N-dealkylation sites (N-methyl/N-ethyl adjacent to an activating group) is 1. The summed E-state index contributed by atoms with van der Waals surface area (Å²) in [7, 11) is 1.77. The third kappa shape index (κ3) is 3.12. The Kier molecular flexibility index (Phi) is 3.99. The van der Waals surface area contributed by atoms with Gasteiger partial charge in [-0.15, -0.1) is 0 Å². The first-order valence-corrected chi connectivity index (χ1v) is 5.70. The number of nitrogen functional groups attached to an aromatic ring is 1. The first-order chi connectivity index (χ1) is 7.82. The molecule has 94 valence electrons. The average Bonchev–Trinajstić information content (AvgIpc) is 2.58. The van der Waals surface area contributed by atoms with E-state index in [1.54, 1.807) is 24.2 Å². The Morgan fingerprint density at radius 3 is 2.65 bits per heavy atom. The molecular formula is C13H21N3O. The number of amides is 1. The molecule has 0 saturated heterocycles. The highest BCUT2D eigenvalue weighted by Gasteiger charge is 2.18. The number of anilines is 1. The van der Waals surface area contributed by atoms with Crippen LogP contribution in [0.1, 0.15) is 37.3 Å². The minimum Gasteiger partial charge on any atom is -0.397 e. The fourth-order valence-electron chi connectivity index (χ4n) is 1.77. The lowest BCUT2D eigenvalue weighted by Gasteiger charge is -2.19. The second-order valence-corrected chi connectivity index (χ2v) is 4.78. The summed E-state index contributed by atoms with van der Waals surface area (Å²) in [5.41, 5.74) is 7.94. The zero-order chi connectivity index (χ0) is 13.2. The van der Waals surface area contributed by atoms with Gasteiger partial charge in [-0.3, -0.25) is 4.79 Å². The van der Waals surface area contributed by atoms with E-state index < -0.39 is 0 Å². The first kappa shape index (κ1) is 13.4. The maximum absolute atomic E-state index is 12.2. The van der Waals surface area contributed by atoms with Crippen LogP contribution in [-0.2, 0) is 0 Å². The Bertz CT molecular complexity index is 432. The van der Waals surface area contributed by atoms with Gasteiger partial charge in [0.05, 0.1) is 5.69 Å².